The minimum atomic E-state index is -0.179. The van der Waals surface area contributed by atoms with Crippen LogP contribution in [0.4, 0.5) is 5.69 Å². The van der Waals surface area contributed by atoms with Gasteiger partial charge in [-0.3, -0.25) is 9.79 Å². The van der Waals surface area contributed by atoms with Crippen LogP contribution in [0.5, 0.6) is 0 Å². The van der Waals surface area contributed by atoms with E-state index in [1.807, 2.05) is 6.92 Å². The van der Waals surface area contributed by atoms with E-state index in [-0.39, 0.29) is 36.4 Å². The number of nitrogens with zero attached hydrogens (tertiary/aromatic N) is 1. The van der Waals surface area contributed by atoms with Gasteiger partial charge in [-0.05, 0) is 25.1 Å². The third kappa shape index (κ3) is 9.05. The van der Waals surface area contributed by atoms with Crippen molar-refractivity contribution in [1.82, 2.24) is 10.6 Å². The summed E-state index contributed by atoms with van der Waals surface area (Å²) in [5, 5.41) is 8.74. The Balaban J connectivity index is 0.00000484. The lowest BCUT2D eigenvalue weighted by atomic mass is 10.2. The molecule has 1 rings (SSSR count). The summed E-state index contributed by atoms with van der Waals surface area (Å²) in [4.78, 5) is 15.9. The first-order valence-electron chi connectivity index (χ1n) is 7.08. The van der Waals surface area contributed by atoms with Gasteiger partial charge >= 0.3 is 0 Å². The van der Waals surface area contributed by atoms with E-state index >= 15 is 0 Å². The molecular weight excluding hydrogens is 407 g/mol. The van der Waals surface area contributed by atoms with Gasteiger partial charge in [0.15, 0.2) is 5.96 Å². The molecule has 3 N–H and O–H groups in total. The van der Waals surface area contributed by atoms with Crippen molar-refractivity contribution in [2.75, 3.05) is 38.7 Å². The Morgan fingerprint density at radius 3 is 2.83 bits per heavy atom. The zero-order chi connectivity index (χ0) is 16.2. The highest BCUT2D eigenvalue weighted by atomic mass is 127. The van der Waals surface area contributed by atoms with Crippen LogP contribution in [0, 0.1) is 12.3 Å². The van der Waals surface area contributed by atoms with Crippen LogP contribution in [0.15, 0.2) is 29.3 Å². The Labute approximate surface area is 154 Å². The summed E-state index contributed by atoms with van der Waals surface area (Å²) in [6.07, 6.45) is 5.32. The van der Waals surface area contributed by atoms with Gasteiger partial charge in [-0.25, -0.2) is 0 Å². The van der Waals surface area contributed by atoms with Gasteiger partial charge in [-0.2, -0.15) is 0 Å². The SMILES string of the molecule is C#Cc1cccc(NC(=O)CNC(=NC)NCCOCC)c1.I. The Morgan fingerprint density at radius 1 is 1.39 bits per heavy atom. The maximum Gasteiger partial charge on any atom is 0.243 e. The van der Waals surface area contributed by atoms with E-state index in [0.717, 1.165) is 5.56 Å². The first-order valence-corrected chi connectivity index (χ1v) is 7.08. The summed E-state index contributed by atoms with van der Waals surface area (Å²) in [7, 11) is 1.64. The topological polar surface area (TPSA) is 74.8 Å². The van der Waals surface area contributed by atoms with E-state index in [4.69, 9.17) is 11.2 Å². The molecule has 0 saturated carbocycles. The predicted octanol–water partition coefficient (Wildman–Crippen LogP) is 1.43. The molecule has 0 saturated heterocycles. The molecule has 0 aliphatic rings. The van der Waals surface area contributed by atoms with E-state index in [1.165, 1.54) is 0 Å². The van der Waals surface area contributed by atoms with E-state index in [2.05, 4.69) is 26.9 Å². The van der Waals surface area contributed by atoms with Gasteiger partial charge in [0, 0.05) is 31.5 Å². The minimum Gasteiger partial charge on any atom is -0.380 e. The molecule has 1 aromatic carbocycles. The number of rotatable bonds is 7. The molecule has 6 nitrogen and oxygen atoms in total. The van der Waals surface area contributed by atoms with Crippen molar-refractivity contribution in [3.8, 4) is 12.3 Å². The van der Waals surface area contributed by atoms with Gasteiger partial charge in [0.1, 0.15) is 0 Å². The van der Waals surface area contributed by atoms with Gasteiger partial charge in [0.2, 0.25) is 5.91 Å². The molecule has 0 fully saturated rings. The fourth-order valence-electron chi connectivity index (χ4n) is 1.66. The summed E-state index contributed by atoms with van der Waals surface area (Å²) in [5.74, 6) is 2.90. The average molecular weight is 430 g/mol. The van der Waals surface area contributed by atoms with Gasteiger partial charge in [-0.15, -0.1) is 30.4 Å². The lowest BCUT2D eigenvalue weighted by Crippen LogP contribution is -2.42. The molecule has 0 radical (unpaired) electrons. The number of anilines is 1. The summed E-state index contributed by atoms with van der Waals surface area (Å²) in [6, 6.07) is 7.13. The summed E-state index contributed by atoms with van der Waals surface area (Å²) >= 11 is 0. The molecule has 1 amide bonds. The predicted molar refractivity (Wildman–Crippen MR) is 104 cm³/mol. The minimum absolute atomic E-state index is 0. The third-order valence-electron chi connectivity index (χ3n) is 2.70. The highest BCUT2D eigenvalue weighted by molar-refractivity contribution is 14.0. The second kappa shape index (κ2) is 12.7. The lowest BCUT2D eigenvalue weighted by Gasteiger charge is -2.12. The summed E-state index contributed by atoms with van der Waals surface area (Å²) in [5.41, 5.74) is 1.39. The number of carbonyl (C=O) groups is 1. The summed E-state index contributed by atoms with van der Waals surface area (Å²) in [6.45, 7) is 3.93. The van der Waals surface area contributed by atoms with E-state index in [1.54, 1.807) is 31.3 Å². The van der Waals surface area contributed by atoms with Crippen molar-refractivity contribution in [3.63, 3.8) is 0 Å². The molecular formula is C16H23IN4O2. The largest absolute Gasteiger partial charge is 0.380 e. The second-order valence-electron chi connectivity index (χ2n) is 4.32. The van der Waals surface area contributed by atoms with E-state index in [0.29, 0.717) is 31.4 Å². The molecule has 0 atom stereocenters. The molecule has 0 aliphatic heterocycles. The van der Waals surface area contributed by atoms with Crippen molar-refractivity contribution < 1.29 is 9.53 Å². The number of hydrogen-bond donors (Lipinski definition) is 3. The van der Waals surface area contributed by atoms with Crippen molar-refractivity contribution in [1.29, 1.82) is 0 Å². The van der Waals surface area contributed by atoms with Crippen LogP contribution in [-0.4, -0.2) is 45.2 Å². The number of carbonyl (C=O) groups excluding carboxylic acids is 1. The lowest BCUT2D eigenvalue weighted by molar-refractivity contribution is -0.115. The number of guanidine groups is 1. The molecule has 23 heavy (non-hydrogen) atoms. The van der Waals surface area contributed by atoms with Crippen molar-refractivity contribution in [2.24, 2.45) is 4.99 Å². The number of aliphatic imine (C=N–C) groups is 1. The van der Waals surface area contributed by atoms with Crippen LogP contribution in [0.2, 0.25) is 0 Å². The number of hydrogen-bond acceptors (Lipinski definition) is 3. The van der Waals surface area contributed by atoms with Crippen LogP contribution in [0.3, 0.4) is 0 Å². The van der Waals surface area contributed by atoms with Gasteiger partial charge in [0.25, 0.3) is 0 Å². The molecule has 7 heteroatoms. The maximum absolute atomic E-state index is 11.9. The number of nitrogens with one attached hydrogen (secondary N) is 3. The van der Waals surface area contributed by atoms with Gasteiger partial charge in [0.05, 0.1) is 13.2 Å². The molecule has 0 aliphatic carbocycles. The molecule has 0 bridgehead atoms. The number of halogens is 1. The zero-order valence-corrected chi connectivity index (χ0v) is 15.7. The smallest absolute Gasteiger partial charge is 0.243 e. The monoisotopic (exact) mass is 430 g/mol. The van der Waals surface area contributed by atoms with E-state index in [9.17, 15) is 4.79 Å². The number of ether oxygens (including phenoxy) is 1. The normalized spacial score (nSPS) is 10.2. The first kappa shape index (κ1) is 21.2. The molecule has 1 aromatic rings. The van der Waals surface area contributed by atoms with Gasteiger partial charge < -0.3 is 20.7 Å². The Bertz CT molecular complexity index is 555. The fourth-order valence-corrected chi connectivity index (χ4v) is 1.66. The summed E-state index contributed by atoms with van der Waals surface area (Å²) < 4.78 is 5.21. The number of benzene rings is 1. The molecule has 0 unspecified atom stereocenters. The van der Waals surface area contributed by atoms with Gasteiger partial charge in [-0.1, -0.05) is 12.0 Å². The van der Waals surface area contributed by atoms with Crippen molar-refractivity contribution >= 4 is 41.5 Å². The van der Waals surface area contributed by atoms with Crippen LogP contribution < -0.4 is 16.0 Å². The molecule has 0 aromatic heterocycles. The Morgan fingerprint density at radius 2 is 2.17 bits per heavy atom. The van der Waals surface area contributed by atoms with Crippen molar-refractivity contribution in [2.45, 2.75) is 6.92 Å². The highest BCUT2D eigenvalue weighted by Gasteiger charge is 2.04. The number of amides is 1. The molecule has 126 valence electrons. The molecule has 0 spiro atoms. The van der Waals surface area contributed by atoms with Crippen LogP contribution in [0.1, 0.15) is 12.5 Å². The van der Waals surface area contributed by atoms with Crippen molar-refractivity contribution in [3.05, 3.63) is 29.8 Å². The Kier molecular flexibility index (Phi) is 11.7. The molecule has 0 heterocycles. The maximum atomic E-state index is 11.9. The second-order valence-corrected chi connectivity index (χ2v) is 4.32. The first-order chi connectivity index (χ1) is 10.7. The Hall–Kier alpha value is -1.79. The van der Waals surface area contributed by atoms with Crippen LogP contribution in [-0.2, 0) is 9.53 Å². The fraction of sp³-hybridized carbons (Fsp3) is 0.375. The average Bonchev–Trinajstić information content (AvgIpc) is 2.54. The zero-order valence-electron chi connectivity index (χ0n) is 13.4. The third-order valence-corrected chi connectivity index (χ3v) is 2.70. The standard InChI is InChI=1S/C16H22N4O2.HI/c1-4-13-7-6-8-14(11-13)20-15(21)12-19-16(17-3)18-9-10-22-5-2;/h1,6-8,11H,5,9-10,12H2,2-3H3,(H,20,21)(H2,17,18,19);1H. The quantitative estimate of drug-likeness (QED) is 0.201. The highest BCUT2D eigenvalue weighted by Crippen LogP contribution is 2.09. The van der Waals surface area contributed by atoms with E-state index < -0.39 is 0 Å². The number of terminal acetylenes is 1. The van der Waals surface area contributed by atoms with Crippen LogP contribution in [0.25, 0.3) is 0 Å². The van der Waals surface area contributed by atoms with Crippen LogP contribution >= 0.6 is 24.0 Å².